The van der Waals surface area contributed by atoms with Crippen LogP contribution >= 0.6 is 0 Å². The molecule has 1 aliphatic heterocycles. The summed E-state index contributed by atoms with van der Waals surface area (Å²) in [6.45, 7) is 4.54. The number of primary amides is 1. The van der Waals surface area contributed by atoms with E-state index in [4.69, 9.17) is 5.73 Å². The molecule has 0 bridgehead atoms. The van der Waals surface area contributed by atoms with E-state index in [1.807, 2.05) is 13.1 Å². The molecule has 3 fully saturated rings. The molecule has 3 N–H and O–H groups in total. The van der Waals surface area contributed by atoms with Gasteiger partial charge in [0.05, 0.1) is 5.54 Å². The van der Waals surface area contributed by atoms with Crippen molar-refractivity contribution in [1.82, 2.24) is 20.0 Å². The zero-order valence-electron chi connectivity index (χ0n) is 21.7. The number of rotatable bonds is 8. The molecular formula is C27H41N5O3. The summed E-state index contributed by atoms with van der Waals surface area (Å²) in [6.07, 6.45) is 7.18. The van der Waals surface area contributed by atoms with Gasteiger partial charge in [0.15, 0.2) is 0 Å². The molecule has 1 aromatic carbocycles. The fourth-order valence-corrected chi connectivity index (χ4v) is 5.97. The molecule has 2 aliphatic carbocycles. The third-order valence-electron chi connectivity index (χ3n) is 9.21. The van der Waals surface area contributed by atoms with Crippen molar-refractivity contribution in [1.29, 1.82) is 0 Å². The number of amides is 4. The van der Waals surface area contributed by atoms with Crippen LogP contribution in [0, 0.1) is 5.92 Å². The normalized spacial score (nSPS) is 27.3. The Balaban J connectivity index is 1.54. The van der Waals surface area contributed by atoms with Crippen molar-refractivity contribution in [2.45, 2.75) is 75.4 Å². The fraction of sp³-hybridized carbons (Fsp3) is 0.667. The van der Waals surface area contributed by atoms with Crippen molar-refractivity contribution >= 4 is 17.8 Å². The summed E-state index contributed by atoms with van der Waals surface area (Å²) in [4.78, 5) is 43.8. The van der Waals surface area contributed by atoms with E-state index in [1.165, 1.54) is 29.7 Å². The molecule has 0 atom stereocenters. The Morgan fingerprint density at radius 1 is 1.14 bits per heavy atom. The lowest BCUT2D eigenvalue weighted by atomic mass is 9.68. The fourth-order valence-electron chi connectivity index (χ4n) is 5.97. The Hall–Kier alpha value is -2.61. The summed E-state index contributed by atoms with van der Waals surface area (Å²) in [7, 11) is 3.61. The van der Waals surface area contributed by atoms with Gasteiger partial charge in [-0.05, 0) is 70.9 Å². The number of nitrogens with zero attached hydrogens (tertiary/aromatic N) is 3. The molecule has 1 aromatic rings. The second kappa shape index (κ2) is 9.45. The second-order valence-corrected chi connectivity index (χ2v) is 11.3. The van der Waals surface area contributed by atoms with Crippen LogP contribution in [0.15, 0.2) is 30.3 Å². The van der Waals surface area contributed by atoms with E-state index < -0.39 is 11.4 Å². The van der Waals surface area contributed by atoms with Gasteiger partial charge in [-0.3, -0.25) is 9.59 Å². The third-order valence-corrected chi connectivity index (χ3v) is 9.21. The highest BCUT2D eigenvalue weighted by atomic mass is 16.2. The smallest absolute Gasteiger partial charge is 0.321 e. The maximum atomic E-state index is 13.7. The zero-order valence-corrected chi connectivity index (χ0v) is 21.7. The molecule has 192 valence electrons. The van der Waals surface area contributed by atoms with Crippen LogP contribution in [0.4, 0.5) is 4.79 Å². The van der Waals surface area contributed by atoms with Gasteiger partial charge in [-0.25, -0.2) is 4.79 Å². The number of carbonyl (C=O) groups excluding carboxylic acids is 3. The molecule has 1 saturated heterocycles. The topological polar surface area (TPSA) is 99.0 Å². The van der Waals surface area contributed by atoms with Gasteiger partial charge in [0.1, 0.15) is 12.1 Å². The maximum Gasteiger partial charge on any atom is 0.321 e. The Kier molecular flexibility index (Phi) is 6.88. The van der Waals surface area contributed by atoms with Crippen LogP contribution in [0.5, 0.6) is 0 Å². The van der Waals surface area contributed by atoms with Crippen LogP contribution in [0.25, 0.3) is 0 Å². The number of carbonyl (C=O) groups is 3. The van der Waals surface area contributed by atoms with Crippen LogP contribution in [0.2, 0.25) is 0 Å². The molecule has 0 aromatic heterocycles. The minimum atomic E-state index is -1.12. The van der Waals surface area contributed by atoms with Gasteiger partial charge in [-0.2, -0.15) is 0 Å². The minimum absolute atomic E-state index is 0.0369. The third kappa shape index (κ3) is 4.53. The van der Waals surface area contributed by atoms with Crippen molar-refractivity contribution in [2.75, 3.05) is 33.7 Å². The molecule has 1 heterocycles. The van der Waals surface area contributed by atoms with Crippen molar-refractivity contribution in [3.63, 3.8) is 0 Å². The highest BCUT2D eigenvalue weighted by molar-refractivity contribution is 5.92. The number of hydrogen-bond acceptors (Lipinski definition) is 4. The van der Waals surface area contributed by atoms with Gasteiger partial charge in [0, 0.05) is 25.7 Å². The number of urea groups is 1. The Labute approximate surface area is 209 Å². The van der Waals surface area contributed by atoms with Crippen molar-refractivity contribution in [3.05, 3.63) is 35.9 Å². The van der Waals surface area contributed by atoms with Gasteiger partial charge in [0.2, 0.25) is 11.8 Å². The zero-order chi connectivity index (χ0) is 25.4. The first-order valence-electron chi connectivity index (χ1n) is 12.9. The van der Waals surface area contributed by atoms with Crippen molar-refractivity contribution in [2.24, 2.45) is 11.7 Å². The molecule has 8 heteroatoms. The van der Waals surface area contributed by atoms with Gasteiger partial charge < -0.3 is 25.8 Å². The standard InChI is InChI=1S/C27H41N5O3/c1-25(2,23(28)34)30(4)22(33)18-31-19-26(32(24(31)35)17-20-9-8-10-20)13-15-27(29-3,16-14-26)21-11-6-5-7-12-21/h5-7,11-12,20,29H,8-10,13-19H2,1-4H3,(H2,28,34). The molecular weight excluding hydrogens is 442 g/mol. The summed E-state index contributed by atoms with van der Waals surface area (Å²) >= 11 is 0. The SMILES string of the molecule is CNC1(c2ccccc2)CCC2(CC1)CN(CC(=O)N(C)C(C)(C)C(N)=O)C(=O)N2CC1CCC1. The van der Waals surface area contributed by atoms with E-state index in [-0.39, 0.29) is 29.6 Å². The average Bonchev–Trinajstić information content (AvgIpc) is 3.07. The number of nitrogens with two attached hydrogens (primary N) is 1. The van der Waals surface area contributed by atoms with Gasteiger partial charge in [0.25, 0.3) is 0 Å². The van der Waals surface area contributed by atoms with E-state index in [0.29, 0.717) is 12.5 Å². The predicted octanol–water partition coefficient (Wildman–Crippen LogP) is 2.67. The van der Waals surface area contributed by atoms with Gasteiger partial charge in [-0.15, -0.1) is 0 Å². The number of benzene rings is 1. The maximum absolute atomic E-state index is 13.7. The predicted molar refractivity (Wildman–Crippen MR) is 135 cm³/mol. The number of likely N-dealkylation sites (N-methyl/N-ethyl adjacent to an activating group) is 1. The van der Waals surface area contributed by atoms with Crippen molar-refractivity contribution in [3.8, 4) is 0 Å². The Morgan fingerprint density at radius 3 is 2.29 bits per heavy atom. The van der Waals surface area contributed by atoms with Gasteiger partial charge >= 0.3 is 6.03 Å². The summed E-state index contributed by atoms with van der Waals surface area (Å²) in [6, 6.07) is 10.5. The first kappa shape index (κ1) is 25.5. The highest BCUT2D eigenvalue weighted by Crippen LogP contribution is 2.47. The van der Waals surface area contributed by atoms with Crippen LogP contribution in [0.3, 0.4) is 0 Å². The van der Waals surface area contributed by atoms with Crippen LogP contribution < -0.4 is 11.1 Å². The van der Waals surface area contributed by atoms with Gasteiger partial charge in [-0.1, -0.05) is 36.8 Å². The number of hydrogen-bond donors (Lipinski definition) is 2. The average molecular weight is 484 g/mol. The molecule has 0 unspecified atom stereocenters. The molecule has 1 spiro atoms. The van der Waals surface area contributed by atoms with E-state index >= 15 is 0 Å². The molecule has 3 aliphatic rings. The van der Waals surface area contributed by atoms with E-state index in [1.54, 1.807) is 25.8 Å². The second-order valence-electron chi connectivity index (χ2n) is 11.3. The molecule has 0 radical (unpaired) electrons. The first-order valence-corrected chi connectivity index (χ1v) is 12.9. The summed E-state index contributed by atoms with van der Waals surface area (Å²) in [5.74, 6) is -0.290. The van der Waals surface area contributed by atoms with Crippen LogP contribution in [0.1, 0.15) is 64.4 Å². The molecule has 35 heavy (non-hydrogen) atoms. The van der Waals surface area contributed by atoms with E-state index in [2.05, 4.69) is 34.5 Å². The van der Waals surface area contributed by atoms with Crippen LogP contribution in [-0.2, 0) is 15.1 Å². The Morgan fingerprint density at radius 2 is 1.77 bits per heavy atom. The minimum Gasteiger partial charge on any atom is -0.368 e. The molecule has 2 saturated carbocycles. The largest absolute Gasteiger partial charge is 0.368 e. The van der Waals surface area contributed by atoms with E-state index in [0.717, 1.165) is 32.2 Å². The quantitative estimate of drug-likeness (QED) is 0.594. The summed E-state index contributed by atoms with van der Waals surface area (Å²) < 4.78 is 0. The molecule has 4 rings (SSSR count). The summed E-state index contributed by atoms with van der Waals surface area (Å²) in [5, 5.41) is 3.59. The Bertz CT molecular complexity index is 951. The monoisotopic (exact) mass is 483 g/mol. The molecule has 4 amide bonds. The molecule has 8 nitrogen and oxygen atoms in total. The first-order chi connectivity index (χ1) is 16.5. The highest BCUT2D eigenvalue weighted by Gasteiger charge is 2.54. The van der Waals surface area contributed by atoms with Crippen LogP contribution in [-0.4, -0.2) is 77.4 Å². The lowest BCUT2D eigenvalue weighted by molar-refractivity contribution is -0.142. The summed E-state index contributed by atoms with van der Waals surface area (Å²) in [5.41, 5.74) is 5.32. The lowest BCUT2D eigenvalue weighted by Crippen LogP contribution is -2.56. The van der Waals surface area contributed by atoms with Crippen molar-refractivity contribution < 1.29 is 14.4 Å². The lowest BCUT2D eigenvalue weighted by Gasteiger charge is -2.49. The number of nitrogens with one attached hydrogen (secondary N) is 1. The van der Waals surface area contributed by atoms with E-state index in [9.17, 15) is 14.4 Å².